The Hall–Kier alpha value is -0.620. The number of hydrogen-bond donors (Lipinski definition) is 2. The minimum Gasteiger partial charge on any atom is -0.368 e. The second-order valence-corrected chi connectivity index (χ2v) is 4.75. The van der Waals surface area contributed by atoms with E-state index in [1.54, 1.807) is 0 Å². The summed E-state index contributed by atoms with van der Waals surface area (Å²) in [5.41, 5.74) is 4.92. The van der Waals surface area contributed by atoms with Gasteiger partial charge in [0.05, 0.1) is 11.5 Å². The molecule has 6 heteroatoms. The molecule has 64 valence electrons. The number of sulfone groups is 1. The highest BCUT2D eigenvalue weighted by molar-refractivity contribution is 7.91. The van der Waals surface area contributed by atoms with Crippen LogP contribution >= 0.6 is 0 Å². The van der Waals surface area contributed by atoms with Gasteiger partial charge < -0.3 is 11.1 Å². The summed E-state index contributed by atoms with van der Waals surface area (Å²) < 4.78 is 21.8. The maximum absolute atomic E-state index is 10.9. The number of carbonyl (C=O) groups excluding carboxylic acids is 1. The van der Waals surface area contributed by atoms with Gasteiger partial charge in [-0.05, 0) is 0 Å². The summed E-state index contributed by atoms with van der Waals surface area (Å²) in [5.74, 6) is -0.674. The minimum absolute atomic E-state index is 0.0940. The Morgan fingerprint density at radius 3 is 2.55 bits per heavy atom. The lowest BCUT2D eigenvalue weighted by atomic mass is 10.3. The summed E-state index contributed by atoms with van der Waals surface area (Å²) in [5, 5.41) is 2.72. The molecule has 1 fully saturated rings. The summed E-state index contributed by atoms with van der Waals surface area (Å²) in [6, 6.07) is -0.700. The molecule has 0 spiro atoms. The lowest BCUT2D eigenvalue weighted by Crippen LogP contribution is -2.51. The third-order valence-electron chi connectivity index (χ3n) is 1.57. The molecule has 0 saturated carbocycles. The molecule has 1 saturated heterocycles. The predicted molar refractivity (Wildman–Crippen MR) is 39.6 cm³/mol. The predicted octanol–water partition coefficient (Wildman–Crippen LogP) is -2.14. The van der Waals surface area contributed by atoms with Crippen molar-refractivity contribution >= 4 is 15.7 Å². The van der Waals surface area contributed by atoms with Crippen LogP contribution in [0.15, 0.2) is 0 Å². The second-order valence-electron chi connectivity index (χ2n) is 2.52. The fourth-order valence-electron chi connectivity index (χ4n) is 0.968. The quantitative estimate of drug-likeness (QED) is 0.479. The summed E-state index contributed by atoms with van der Waals surface area (Å²) in [6.07, 6.45) is 0. The van der Waals surface area contributed by atoms with Gasteiger partial charge in [0.1, 0.15) is 6.04 Å². The van der Waals surface area contributed by atoms with E-state index in [0.717, 1.165) is 0 Å². The van der Waals surface area contributed by atoms with Crippen molar-refractivity contribution in [2.75, 3.05) is 18.1 Å². The average molecular weight is 178 g/mol. The van der Waals surface area contributed by atoms with Crippen LogP contribution in [0.5, 0.6) is 0 Å². The molecule has 0 bridgehead atoms. The number of primary amides is 1. The van der Waals surface area contributed by atoms with Crippen LogP contribution in [0.2, 0.25) is 0 Å². The van der Waals surface area contributed by atoms with Crippen molar-refractivity contribution in [1.29, 1.82) is 0 Å². The summed E-state index contributed by atoms with van der Waals surface area (Å²) in [6.45, 7) is 0.315. The van der Waals surface area contributed by atoms with Gasteiger partial charge in [0, 0.05) is 6.54 Å². The maximum atomic E-state index is 10.9. The topological polar surface area (TPSA) is 89.3 Å². The van der Waals surface area contributed by atoms with Gasteiger partial charge in [-0.3, -0.25) is 4.79 Å². The van der Waals surface area contributed by atoms with E-state index >= 15 is 0 Å². The van der Waals surface area contributed by atoms with Crippen molar-refractivity contribution in [3.05, 3.63) is 0 Å². The molecule has 0 radical (unpaired) electrons. The van der Waals surface area contributed by atoms with Crippen LogP contribution in [-0.2, 0) is 14.6 Å². The van der Waals surface area contributed by atoms with Gasteiger partial charge in [0.15, 0.2) is 9.84 Å². The fourth-order valence-corrected chi connectivity index (χ4v) is 2.35. The van der Waals surface area contributed by atoms with Gasteiger partial charge in [0.2, 0.25) is 5.91 Å². The first-order valence-corrected chi connectivity index (χ1v) is 5.06. The molecule has 1 aliphatic heterocycles. The van der Waals surface area contributed by atoms with Crippen LogP contribution in [0.3, 0.4) is 0 Å². The Labute approximate surface area is 64.9 Å². The minimum atomic E-state index is -3.04. The van der Waals surface area contributed by atoms with E-state index in [1.807, 2.05) is 0 Å². The standard InChI is InChI=1S/C5H10N2O3S/c6-5(8)4-3-11(9,10)2-1-7-4/h4,7H,1-3H2,(H2,6,8). The number of hydrogen-bond acceptors (Lipinski definition) is 4. The number of amides is 1. The highest BCUT2D eigenvalue weighted by Gasteiger charge is 2.27. The molecule has 0 aromatic carbocycles. The van der Waals surface area contributed by atoms with Gasteiger partial charge in [-0.2, -0.15) is 0 Å². The van der Waals surface area contributed by atoms with Crippen molar-refractivity contribution in [3.8, 4) is 0 Å². The van der Waals surface area contributed by atoms with Crippen molar-refractivity contribution in [1.82, 2.24) is 5.32 Å². The molecule has 1 aliphatic rings. The molecule has 1 unspecified atom stereocenters. The number of rotatable bonds is 1. The molecule has 1 rings (SSSR count). The van der Waals surface area contributed by atoms with Gasteiger partial charge in [-0.15, -0.1) is 0 Å². The Morgan fingerprint density at radius 1 is 1.55 bits per heavy atom. The zero-order valence-corrected chi connectivity index (χ0v) is 6.73. The summed E-state index contributed by atoms with van der Waals surface area (Å²) in [7, 11) is -3.04. The van der Waals surface area contributed by atoms with E-state index in [1.165, 1.54) is 0 Å². The lowest BCUT2D eigenvalue weighted by molar-refractivity contribution is -0.119. The summed E-state index contributed by atoms with van der Waals surface area (Å²) in [4.78, 5) is 10.5. The zero-order chi connectivity index (χ0) is 8.48. The molecule has 11 heavy (non-hydrogen) atoms. The second kappa shape index (κ2) is 2.78. The largest absolute Gasteiger partial charge is 0.368 e. The highest BCUT2D eigenvalue weighted by atomic mass is 32.2. The van der Waals surface area contributed by atoms with E-state index in [2.05, 4.69) is 5.32 Å². The van der Waals surface area contributed by atoms with Crippen LogP contribution in [0, 0.1) is 0 Å². The van der Waals surface area contributed by atoms with Gasteiger partial charge in [-0.1, -0.05) is 0 Å². The third kappa shape index (κ3) is 2.16. The van der Waals surface area contributed by atoms with Gasteiger partial charge in [0.25, 0.3) is 0 Å². The Bertz CT molecular complexity index is 259. The van der Waals surface area contributed by atoms with E-state index in [9.17, 15) is 13.2 Å². The van der Waals surface area contributed by atoms with E-state index in [0.29, 0.717) is 6.54 Å². The van der Waals surface area contributed by atoms with Crippen LogP contribution < -0.4 is 11.1 Å². The van der Waals surface area contributed by atoms with Crippen molar-refractivity contribution in [3.63, 3.8) is 0 Å². The molecule has 0 aliphatic carbocycles. The first-order valence-electron chi connectivity index (χ1n) is 3.24. The van der Waals surface area contributed by atoms with Crippen molar-refractivity contribution in [2.24, 2.45) is 5.73 Å². The molecular formula is C5H10N2O3S. The van der Waals surface area contributed by atoms with Crippen LogP contribution in [-0.4, -0.2) is 38.4 Å². The molecule has 5 nitrogen and oxygen atoms in total. The monoisotopic (exact) mass is 178 g/mol. The lowest BCUT2D eigenvalue weighted by Gasteiger charge is -2.20. The SMILES string of the molecule is NC(=O)C1CS(=O)(=O)CCN1. The maximum Gasteiger partial charge on any atom is 0.235 e. The molecule has 3 N–H and O–H groups in total. The molecule has 1 heterocycles. The average Bonchev–Trinajstić information content (AvgIpc) is 1.85. The number of nitrogens with two attached hydrogens (primary N) is 1. The Balaban J connectivity index is 2.68. The number of nitrogens with one attached hydrogen (secondary N) is 1. The van der Waals surface area contributed by atoms with Gasteiger partial charge >= 0.3 is 0 Å². The van der Waals surface area contributed by atoms with Gasteiger partial charge in [-0.25, -0.2) is 8.42 Å². The molecule has 0 aromatic heterocycles. The van der Waals surface area contributed by atoms with E-state index < -0.39 is 21.8 Å². The Morgan fingerprint density at radius 2 is 2.18 bits per heavy atom. The molecule has 1 atom stereocenters. The van der Waals surface area contributed by atoms with Crippen LogP contribution in [0.1, 0.15) is 0 Å². The van der Waals surface area contributed by atoms with E-state index in [-0.39, 0.29) is 11.5 Å². The van der Waals surface area contributed by atoms with Crippen molar-refractivity contribution < 1.29 is 13.2 Å². The first kappa shape index (κ1) is 8.48. The Kier molecular flexibility index (Phi) is 2.15. The molecule has 0 aromatic rings. The van der Waals surface area contributed by atoms with Crippen LogP contribution in [0.25, 0.3) is 0 Å². The normalized spacial score (nSPS) is 29.6. The smallest absolute Gasteiger partial charge is 0.235 e. The summed E-state index contributed by atoms with van der Waals surface area (Å²) >= 11 is 0. The highest BCUT2D eigenvalue weighted by Crippen LogP contribution is 1.99. The molecule has 1 amide bonds. The number of carbonyl (C=O) groups is 1. The molecular weight excluding hydrogens is 168 g/mol. The fraction of sp³-hybridized carbons (Fsp3) is 0.800. The zero-order valence-electron chi connectivity index (χ0n) is 5.91. The third-order valence-corrected chi connectivity index (χ3v) is 3.24. The van der Waals surface area contributed by atoms with Crippen LogP contribution in [0.4, 0.5) is 0 Å². The van der Waals surface area contributed by atoms with Crippen molar-refractivity contribution in [2.45, 2.75) is 6.04 Å². The van der Waals surface area contributed by atoms with E-state index in [4.69, 9.17) is 5.73 Å². The first-order chi connectivity index (χ1) is 5.01.